The zero-order valence-corrected chi connectivity index (χ0v) is 14.9. The third-order valence-corrected chi connectivity index (χ3v) is 7.06. The molecule has 2 rings (SSSR count). The molecule has 0 bridgehead atoms. The maximum atomic E-state index is 13.2. The predicted octanol–water partition coefficient (Wildman–Crippen LogP) is 4.35. The first-order valence-electron chi connectivity index (χ1n) is 7.07. The molecule has 20 heavy (non-hydrogen) atoms. The molecule has 0 aliphatic carbocycles. The van der Waals surface area contributed by atoms with E-state index in [0.717, 1.165) is 23.9 Å². The maximum Gasteiger partial charge on any atom is 0.124 e. The number of nitrogens with one attached hydrogen (secondary N) is 1. The van der Waals surface area contributed by atoms with Crippen molar-refractivity contribution in [1.82, 2.24) is 5.32 Å². The summed E-state index contributed by atoms with van der Waals surface area (Å²) in [6, 6.07) is 5.49. The molecule has 0 spiro atoms. The van der Waals surface area contributed by atoms with Crippen LogP contribution in [0.2, 0.25) is 0 Å². The molecule has 1 aliphatic rings. The van der Waals surface area contributed by atoms with Crippen molar-refractivity contribution >= 4 is 39.5 Å². The van der Waals surface area contributed by atoms with Crippen LogP contribution in [0, 0.1) is 5.82 Å². The number of halogens is 2. The molecule has 1 N–H and O–H groups in total. The molecule has 1 heterocycles. The van der Waals surface area contributed by atoms with Crippen molar-refractivity contribution in [2.45, 2.75) is 31.1 Å². The molecule has 1 aliphatic heterocycles. The largest absolute Gasteiger partial charge is 0.313 e. The standard InChI is InChI=1S/C15H21BrFNS2/c1-2-5-18-14(15-10-19-6-7-20-15)8-11-3-4-12(17)9-13(11)16/h3-4,9,14-15,18H,2,5-8,10H2,1H3. The van der Waals surface area contributed by atoms with Gasteiger partial charge in [0.15, 0.2) is 0 Å². The van der Waals surface area contributed by atoms with Crippen LogP contribution in [0.25, 0.3) is 0 Å². The molecule has 112 valence electrons. The van der Waals surface area contributed by atoms with Crippen molar-refractivity contribution in [3.8, 4) is 0 Å². The third-order valence-electron chi connectivity index (χ3n) is 3.40. The van der Waals surface area contributed by atoms with Gasteiger partial charge in [0.05, 0.1) is 0 Å². The average molecular weight is 378 g/mol. The highest BCUT2D eigenvalue weighted by molar-refractivity contribution is 9.10. The van der Waals surface area contributed by atoms with E-state index in [-0.39, 0.29) is 5.82 Å². The molecule has 0 saturated carbocycles. The van der Waals surface area contributed by atoms with Crippen molar-refractivity contribution in [2.75, 3.05) is 23.8 Å². The number of rotatable bonds is 6. The normalized spacial score (nSPS) is 20.9. The van der Waals surface area contributed by atoms with Crippen LogP contribution in [0.3, 0.4) is 0 Å². The van der Waals surface area contributed by atoms with Crippen molar-refractivity contribution < 1.29 is 4.39 Å². The fraction of sp³-hybridized carbons (Fsp3) is 0.600. The van der Waals surface area contributed by atoms with Crippen LogP contribution < -0.4 is 5.32 Å². The molecule has 1 aromatic rings. The molecule has 1 fully saturated rings. The molecule has 5 heteroatoms. The minimum absolute atomic E-state index is 0.179. The van der Waals surface area contributed by atoms with E-state index >= 15 is 0 Å². The molecule has 2 atom stereocenters. The van der Waals surface area contributed by atoms with Gasteiger partial charge >= 0.3 is 0 Å². The van der Waals surface area contributed by atoms with Crippen molar-refractivity contribution in [3.05, 3.63) is 34.1 Å². The van der Waals surface area contributed by atoms with E-state index in [9.17, 15) is 4.39 Å². The number of hydrogen-bond acceptors (Lipinski definition) is 3. The van der Waals surface area contributed by atoms with Gasteiger partial charge in [-0.2, -0.15) is 23.5 Å². The zero-order valence-electron chi connectivity index (χ0n) is 11.7. The van der Waals surface area contributed by atoms with Gasteiger partial charge < -0.3 is 5.32 Å². The Morgan fingerprint density at radius 1 is 1.45 bits per heavy atom. The molecule has 0 radical (unpaired) electrons. The van der Waals surface area contributed by atoms with Gasteiger partial charge in [-0.15, -0.1) is 0 Å². The maximum absolute atomic E-state index is 13.2. The van der Waals surface area contributed by atoms with Crippen LogP contribution in [-0.2, 0) is 6.42 Å². The lowest BCUT2D eigenvalue weighted by Crippen LogP contribution is -2.43. The van der Waals surface area contributed by atoms with E-state index in [0.29, 0.717) is 11.3 Å². The van der Waals surface area contributed by atoms with Crippen LogP contribution in [0.1, 0.15) is 18.9 Å². The lowest BCUT2D eigenvalue weighted by molar-refractivity contribution is 0.504. The molecule has 1 saturated heterocycles. The average Bonchev–Trinajstić information content (AvgIpc) is 2.46. The Kier molecular flexibility index (Phi) is 7.22. The summed E-state index contributed by atoms with van der Waals surface area (Å²) in [4.78, 5) is 0. The number of thioether (sulfide) groups is 2. The Balaban J connectivity index is 2.05. The second kappa shape index (κ2) is 8.66. The lowest BCUT2D eigenvalue weighted by atomic mass is 10.0. The summed E-state index contributed by atoms with van der Waals surface area (Å²) in [5, 5.41) is 4.33. The number of benzene rings is 1. The summed E-state index contributed by atoms with van der Waals surface area (Å²) in [6.07, 6.45) is 2.10. The van der Waals surface area contributed by atoms with E-state index in [4.69, 9.17) is 0 Å². The number of hydrogen-bond donors (Lipinski definition) is 1. The Hall–Kier alpha value is 0.290. The van der Waals surface area contributed by atoms with Crippen LogP contribution >= 0.6 is 39.5 Å². The summed E-state index contributed by atoms with van der Waals surface area (Å²) in [7, 11) is 0. The first kappa shape index (κ1) is 16.7. The van der Waals surface area contributed by atoms with E-state index in [1.54, 1.807) is 12.1 Å². The highest BCUT2D eigenvalue weighted by Gasteiger charge is 2.24. The van der Waals surface area contributed by atoms with Gasteiger partial charge in [-0.05, 0) is 37.1 Å². The SMILES string of the molecule is CCCNC(Cc1ccc(F)cc1Br)C1CSCCS1. The summed E-state index contributed by atoms with van der Waals surface area (Å²) in [6.45, 7) is 3.24. The lowest BCUT2D eigenvalue weighted by Gasteiger charge is -2.30. The first-order valence-corrected chi connectivity index (χ1v) is 10.1. The highest BCUT2D eigenvalue weighted by atomic mass is 79.9. The topological polar surface area (TPSA) is 12.0 Å². The van der Waals surface area contributed by atoms with Crippen LogP contribution in [0.4, 0.5) is 4.39 Å². The van der Waals surface area contributed by atoms with Crippen LogP contribution in [0.5, 0.6) is 0 Å². The second-order valence-electron chi connectivity index (χ2n) is 4.98. The third kappa shape index (κ3) is 4.93. The summed E-state index contributed by atoms with van der Waals surface area (Å²) < 4.78 is 14.1. The van der Waals surface area contributed by atoms with Gasteiger partial charge in [0.25, 0.3) is 0 Å². The van der Waals surface area contributed by atoms with Crippen molar-refractivity contribution in [3.63, 3.8) is 0 Å². The summed E-state index contributed by atoms with van der Waals surface area (Å²) in [5.74, 6) is 3.54. The van der Waals surface area contributed by atoms with E-state index in [1.807, 2.05) is 17.8 Å². The van der Waals surface area contributed by atoms with Gasteiger partial charge in [0, 0.05) is 33.0 Å². The molecule has 1 nitrogen and oxygen atoms in total. The van der Waals surface area contributed by atoms with Gasteiger partial charge in [0.2, 0.25) is 0 Å². The Morgan fingerprint density at radius 2 is 2.30 bits per heavy atom. The smallest absolute Gasteiger partial charge is 0.124 e. The van der Waals surface area contributed by atoms with Gasteiger partial charge in [-0.3, -0.25) is 0 Å². The molecule has 0 amide bonds. The molecule has 0 aromatic heterocycles. The Bertz CT molecular complexity index is 424. The van der Waals surface area contributed by atoms with E-state index < -0.39 is 0 Å². The fourth-order valence-corrected chi connectivity index (χ4v) is 5.73. The van der Waals surface area contributed by atoms with Gasteiger partial charge in [-0.1, -0.05) is 28.9 Å². The quantitative estimate of drug-likeness (QED) is 0.791. The van der Waals surface area contributed by atoms with E-state index in [2.05, 4.69) is 39.9 Å². The highest BCUT2D eigenvalue weighted by Crippen LogP contribution is 2.29. The van der Waals surface area contributed by atoms with Crippen LogP contribution in [-0.4, -0.2) is 35.1 Å². The first-order chi connectivity index (χ1) is 9.70. The molecule has 2 unspecified atom stereocenters. The minimum Gasteiger partial charge on any atom is -0.313 e. The van der Waals surface area contributed by atoms with Crippen molar-refractivity contribution in [2.24, 2.45) is 0 Å². The summed E-state index contributed by atoms with van der Waals surface area (Å²) in [5.41, 5.74) is 1.19. The molecular weight excluding hydrogens is 357 g/mol. The molecule has 1 aromatic carbocycles. The van der Waals surface area contributed by atoms with E-state index in [1.165, 1.54) is 22.8 Å². The Morgan fingerprint density at radius 3 is 2.95 bits per heavy atom. The zero-order chi connectivity index (χ0) is 14.4. The monoisotopic (exact) mass is 377 g/mol. The van der Waals surface area contributed by atoms with Gasteiger partial charge in [-0.25, -0.2) is 4.39 Å². The minimum atomic E-state index is -0.179. The predicted molar refractivity (Wildman–Crippen MR) is 93.5 cm³/mol. The fourth-order valence-electron chi connectivity index (χ4n) is 2.33. The Labute approximate surface area is 138 Å². The van der Waals surface area contributed by atoms with Crippen LogP contribution in [0.15, 0.2) is 22.7 Å². The van der Waals surface area contributed by atoms with Crippen molar-refractivity contribution in [1.29, 1.82) is 0 Å². The molecular formula is C15H21BrFNS2. The van der Waals surface area contributed by atoms with Gasteiger partial charge in [0.1, 0.15) is 5.82 Å². The second-order valence-corrected chi connectivity index (χ2v) is 8.34. The summed E-state index contributed by atoms with van der Waals surface area (Å²) >= 11 is 7.61.